The van der Waals surface area contributed by atoms with Crippen LogP contribution >= 0.6 is 0 Å². The number of rotatable bonds is 6. The number of aromatic nitrogens is 2. The van der Waals surface area contributed by atoms with Gasteiger partial charge in [0.05, 0.1) is 18.8 Å². The van der Waals surface area contributed by atoms with E-state index in [0.717, 1.165) is 25.8 Å². The molecule has 2 atom stereocenters. The molecule has 4 rings (SSSR count). The van der Waals surface area contributed by atoms with Crippen LogP contribution in [0.4, 0.5) is 0 Å². The minimum Gasteiger partial charge on any atom is -0.349 e. The third kappa shape index (κ3) is 4.16. The van der Waals surface area contributed by atoms with Gasteiger partial charge in [0.15, 0.2) is 0 Å². The molecule has 4 heteroatoms. The normalized spacial score (nSPS) is 17.0. The van der Waals surface area contributed by atoms with Gasteiger partial charge in [-0.25, -0.2) is 0 Å². The lowest BCUT2D eigenvalue weighted by Crippen LogP contribution is -2.31. The predicted molar refractivity (Wildman–Crippen MR) is 111 cm³/mol. The number of benzene rings is 2. The van der Waals surface area contributed by atoms with Crippen LogP contribution in [-0.2, 0) is 17.8 Å². The summed E-state index contributed by atoms with van der Waals surface area (Å²) >= 11 is 0. The molecule has 0 bridgehead atoms. The maximum atomic E-state index is 12.7. The van der Waals surface area contributed by atoms with E-state index in [1.54, 1.807) is 0 Å². The lowest BCUT2D eigenvalue weighted by Gasteiger charge is -2.25. The topological polar surface area (TPSA) is 46.9 Å². The van der Waals surface area contributed by atoms with E-state index in [1.165, 1.54) is 22.4 Å². The van der Waals surface area contributed by atoms with Gasteiger partial charge in [-0.3, -0.25) is 9.48 Å². The van der Waals surface area contributed by atoms with Gasteiger partial charge in [0.25, 0.3) is 0 Å². The second kappa shape index (κ2) is 8.42. The summed E-state index contributed by atoms with van der Waals surface area (Å²) in [6, 6.07) is 20.7. The largest absolute Gasteiger partial charge is 0.349 e. The van der Waals surface area contributed by atoms with Gasteiger partial charge in [0.2, 0.25) is 5.91 Å². The Morgan fingerprint density at radius 3 is 2.61 bits per heavy atom. The van der Waals surface area contributed by atoms with E-state index in [-0.39, 0.29) is 17.9 Å². The van der Waals surface area contributed by atoms with Crippen molar-refractivity contribution in [3.63, 3.8) is 0 Å². The van der Waals surface area contributed by atoms with Gasteiger partial charge >= 0.3 is 0 Å². The molecule has 0 spiro atoms. The Morgan fingerprint density at radius 2 is 1.86 bits per heavy atom. The van der Waals surface area contributed by atoms with Gasteiger partial charge in [-0.05, 0) is 36.3 Å². The van der Waals surface area contributed by atoms with Crippen molar-refractivity contribution in [3.8, 4) is 0 Å². The first-order chi connectivity index (χ1) is 13.7. The first-order valence-electron chi connectivity index (χ1n) is 10.1. The molecule has 3 aromatic rings. The van der Waals surface area contributed by atoms with E-state index in [4.69, 9.17) is 0 Å². The van der Waals surface area contributed by atoms with Crippen molar-refractivity contribution in [3.05, 3.63) is 89.2 Å². The van der Waals surface area contributed by atoms with Crippen LogP contribution in [0, 0.1) is 0 Å². The quantitative estimate of drug-likeness (QED) is 0.685. The fourth-order valence-corrected chi connectivity index (χ4v) is 4.09. The van der Waals surface area contributed by atoms with Crippen molar-refractivity contribution < 1.29 is 4.79 Å². The number of carbonyl (C=O) groups excluding carboxylic acids is 1. The average molecular weight is 374 g/mol. The molecule has 1 aliphatic rings. The zero-order chi connectivity index (χ0) is 19.3. The minimum atomic E-state index is 0.0729. The van der Waals surface area contributed by atoms with Crippen LogP contribution in [0.1, 0.15) is 60.5 Å². The first kappa shape index (κ1) is 18.5. The standard InChI is InChI=1S/C24H27N3O/c1-18(20-11-6-3-7-12-20)15-24(28)26-22-13-8-14-23-21(22)16-25-27(23)17-19-9-4-2-5-10-19/h2-7,9-12,16,18,22H,8,13-15,17H2,1H3,(H,26,28). The smallest absolute Gasteiger partial charge is 0.221 e. The van der Waals surface area contributed by atoms with Crippen LogP contribution in [0.25, 0.3) is 0 Å². The molecule has 4 nitrogen and oxygen atoms in total. The number of fused-ring (bicyclic) bond motifs is 1. The van der Waals surface area contributed by atoms with E-state index in [9.17, 15) is 4.79 Å². The van der Waals surface area contributed by atoms with E-state index in [2.05, 4.69) is 58.4 Å². The second-order valence-corrected chi connectivity index (χ2v) is 7.72. The van der Waals surface area contributed by atoms with Crippen molar-refractivity contribution in [1.82, 2.24) is 15.1 Å². The monoisotopic (exact) mass is 373 g/mol. The highest BCUT2D eigenvalue weighted by molar-refractivity contribution is 5.77. The summed E-state index contributed by atoms with van der Waals surface area (Å²) in [7, 11) is 0. The fraction of sp³-hybridized carbons (Fsp3) is 0.333. The Bertz CT molecular complexity index is 918. The van der Waals surface area contributed by atoms with Crippen LogP contribution in [0.3, 0.4) is 0 Å². The summed E-state index contributed by atoms with van der Waals surface area (Å²) < 4.78 is 2.09. The number of hydrogen-bond donors (Lipinski definition) is 1. The highest BCUT2D eigenvalue weighted by atomic mass is 16.1. The highest BCUT2D eigenvalue weighted by Gasteiger charge is 2.26. The summed E-state index contributed by atoms with van der Waals surface area (Å²) in [6.45, 7) is 2.89. The Morgan fingerprint density at radius 1 is 1.14 bits per heavy atom. The number of hydrogen-bond acceptors (Lipinski definition) is 2. The summed E-state index contributed by atoms with van der Waals surface area (Å²) in [5, 5.41) is 7.89. The minimum absolute atomic E-state index is 0.0729. The van der Waals surface area contributed by atoms with Crippen LogP contribution in [0.5, 0.6) is 0 Å². The third-order valence-electron chi connectivity index (χ3n) is 5.63. The molecule has 0 aliphatic heterocycles. The van der Waals surface area contributed by atoms with Crippen LogP contribution in [0.2, 0.25) is 0 Å². The van der Waals surface area contributed by atoms with Crippen LogP contribution in [0.15, 0.2) is 66.9 Å². The summed E-state index contributed by atoms with van der Waals surface area (Å²) in [6.07, 6.45) is 5.54. The maximum Gasteiger partial charge on any atom is 0.221 e. The molecule has 1 amide bonds. The lowest BCUT2D eigenvalue weighted by molar-refractivity contribution is -0.122. The van der Waals surface area contributed by atoms with Crippen LogP contribution < -0.4 is 5.32 Å². The summed E-state index contributed by atoms with van der Waals surface area (Å²) in [5.41, 5.74) is 4.90. The molecule has 28 heavy (non-hydrogen) atoms. The van der Waals surface area contributed by atoms with Gasteiger partial charge in [0.1, 0.15) is 0 Å². The highest BCUT2D eigenvalue weighted by Crippen LogP contribution is 2.30. The Labute approximate surface area is 166 Å². The molecule has 1 N–H and O–H groups in total. The third-order valence-corrected chi connectivity index (χ3v) is 5.63. The summed E-state index contributed by atoms with van der Waals surface area (Å²) in [4.78, 5) is 12.7. The van der Waals surface area contributed by atoms with E-state index >= 15 is 0 Å². The van der Waals surface area contributed by atoms with Crippen molar-refractivity contribution in [2.75, 3.05) is 0 Å². The second-order valence-electron chi connectivity index (χ2n) is 7.72. The van der Waals surface area contributed by atoms with Crippen molar-refractivity contribution in [2.45, 2.75) is 51.1 Å². The molecule has 1 heterocycles. The molecule has 1 aliphatic carbocycles. The fourth-order valence-electron chi connectivity index (χ4n) is 4.09. The number of carbonyl (C=O) groups is 1. The predicted octanol–water partition coefficient (Wildman–Crippen LogP) is 4.62. The molecule has 0 saturated carbocycles. The Kier molecular flexibility index (Phi) is 5.56. The zero-order valence-corrected chi connectivity index (χ0v) is 16.3. The van der Waals surface area contributed by atoms with Crippen LogP contribution in [-0.4, -0.2) is 15.7 Å². The molecular formula is C24H27N3O. The van der Waals surface area contributed by atoms with Gasteiger partial charge in [-0.15, -0.1) is 0 Å². The van der Waals surface area contributed by atoms with Gasteiger partial charge in [-0.1, -0.05) is 67.6 Å². The molecule has 0 radical (unpaired) electrons. The van der Waals surface area contributed by atoms with Gasteiger partial charge in [-0.2, -0.15) is 5.10 Å². The summed E-state index contributed by atoms with van der Waals surface area (Å²) in [5.74, 6) is 0.329. The van der Waals surface area contributed by atoms with Gasteiger partial charge in [0, 0.05) is 17.7 Å². The van der Waals surface area contributed by atoms with E-state index in [1.807, 2.05) is 30.5 Å². The lowest BCUT2D eigenvalue weighted by atomic mass is 9.92. The Balaban J connectivity index is 1.42. The number of nitrogens with zero attached hydrogens (tertiary/aromatic N) is 2. The molecule has 2 aromatic carbocycles. The Hall–Kier alpha value is -2.88. The van der Waals surface area contributed by atoms with Crippen molar-refractivity contribution in [1.29, 1.82) is 0 Å². The SMILES string of the molecule is CC(CC(=O)NC1CCCc2c1cnn2Cc1ccccc1)c1ccccc1. The zero-order valence-electron chi connectivity index (χ0n) is 16.3. The van der Waals surface area contributed by atoms with Crippen molar-refractivity contribution in [2.24, 2.45) is 0 Å². The number of amides is 1. The number of nitrogens with one attached hydrogen (secondary N) is 1. The van der Waals surface area contributed by atoms with E-state index in [0.29, 0.717) is 6.42 Å². The molecule has 0 saturated heterocycles. The van der Waals surface area contributed by atoms with E-state index < -0.39 is 0 Å². The maximum absolute atomic E-state index is 12.7. The molecule has 144 valence electrons. The van der Waals surface area contributed by atoms with Crippen molar-refractivity contribution >= 4 is 5.91 Å². The average Bonchev–Trinajstić information content (AvgIpc) is 3.13. The first-order valence-corrected chi connectivity index (χ1v) is 10.1. The molecule has 1 aromatic heterocycles. The molecule has 2 unspecified atom stereocenters. The molecular weight excluding hydrogens is 346 g/mol. The molecule has 0 fully saturated rings. The van der Waals surface area contributed by atoms with Gasteiger partial charge < -0.3 is 5.32 Å².